The molecular weight excluding hydrogens is 482 g/mol. The molecule has 1 rings (SSSR count). The van der Waals surface area contributed by atoms with Gasteiger partial charge in [0.15, 0.2) is 0 Å². The number of hydrogen-bond donors (Lipinski definition) is 2. The van der Waals surface area contributed by atoms with Gasteiger partial charge >= 0.3 is 12.2 Å². The number of amides is 2. The molecule has 0 aliphatic heterocycles. The first-order valence-corrected chi connectivity index (χ1v) is 9.82. The molecule has 0 atom stereocenters. The number of carbonyl (C=O) groups is 2. The smallest absolute Gasteiger partial charge is 0.414 e. The van der Waals surface area contributed by atoms with Gasteiger partial charge in [-0.15, -0.1) is 0 Å². The molecule has 0 saturated carbocycles. The molecule has 1 aromatic carbocycles. The number of nitrogens with one attached hydrogen (secondary N) is 2. The summed E-state index contributed by atoms with van der Waals surface area (Å²) in [4.78, 5) is 28.4. The van der Waals surface area contributed by atoms with Gasteiger partial charge in [0.25, 0.3) is 0 Å². The molecule has 2 amide bonds. The summed E-state index contributed by atoms with van der Waals surface area (Å²) >= 11 is 6.85. The Labute approximate surface area is 176 Å². The Hall–Kier alpha value is -1.61. The van der Waals surface area contributed by atoms with Crippen LogP contribution in [0.15, 0.2) is 32.1 Å². The second-order valence-corrected chi connectivity index (χ2v) is 9.42. The molecule has 0 heterocycles. The maximum absolute atomic E-state index is 12.0. The molecule has 0 aromatic heterocycles. The number of carbonyl (C=O) groups excluding carboxylic acids is 2. The molecule has 0 bridgehead atoms. The van der Waals surface area contributed by atoms with Crippen molar-refractivity contribution in [2.45, 2.75) is 59.3 Å². The summed E-state index contributed by atoms with van der Waals surface area (Å²) in [6.45, 7) is 10.6. The minimum absolute atomic E-state index is 0.0645. The molecule has 27 heavy (non-hydrogen) atoms. The molecule has 1 aromatic rings. The van der Waals surface area contributed by atoms with Crippen molar-refractivity contribution in [3.05, 3.63) is 32.7 Å². The first-order chi connectivity index (χ1) is 12.2. The van der Waals surface area contributed by atoms with Crippen molar-refractivity contribution in [1.82, 2.24) is 10.6 Å². The molecule has 0 spiro atoms. The number of ether oxygens (including phenoxy) is 2. The number of alkyl carbamates (subject to hydrolysis) is 2. The SMILES string of the molecule is CC(C)(C)OC(=O)NC(=NCc1cc(Br)ccc1Br)NC(=O)OC(C)(C)C. The molecule has 0 saturated heterocycles. The van der Waals surface area contributed by atoms with E-state index in [1.807, 2.05) is 18.2 Å². The number of nitrogens with zero attached hydrogens (tertiary/aromatic N) is 1. The summed E-state index contributed by atoms with van der Waals surface area (Å²) in [6.07, 6.45) is -1.46. The van der Waals surface area contributed by atoms with E-state index in [0.717, 1.165) is 14.5 Å². The van der Waals surface area contributed by atoms with Crippen molar-refractivity contribution in [2.24, 2.45) is 4.99 Å². The predicted molar refractivity (Wildman–Crippen MR) is 112 cm³/mol. The monoisotopic (exact) mass is 505 g/mol. The van der Waals surface area contributed by atoms with E-state index in [-0.39, 0.29) is 12.5 Å². The van der Waals surface area contributed by atoms with E-state index in [4.69, 9.17) is 9.47 Å². The fraction of sp³-hybridized carbons (Fsp3) is 0.500. The van der Waals surface area contributed by atoms with E-state index >= 15 is 0 Å². The van der Waals surface area contributed by atoms with Crippen LogP contribution in [-0.4, -0.2) is 29.3 Å². The highest BCUT2D eigenvalue weighted by atomic mass is 79.9. The molecule has 2 N–H and O–H groups in total. The van der Waals surface area contributed by atoms with Crippen molar-refractivity contribution in [2.75, 3.05) is 0 Å². The Balaban J connectivity index is 2.96. The van der Waals surface area contributed by atoms with Gasteiger partial charge in [-0.05, 0) is 65.3 Å². The Morgan fingerprint density at radius 2 is 1.44 bits per heavy atom. The van der Waals surface area contributed by atoms with Crippen LogP contribution in [0.2, 0.25) is 0 Å². The lowest BCUT2D eigenvalue weighted by Crippen LogP contribution is -2.47. The Bertz CT molecular complexity index is 690. The zero-order valence-corrected chi connectivity index (χ0v) is 19.4. The van der Waals surface area contributed by atoms with Gasteiger partial charge in [-0.3, -0.25) is 10.6 Å². The van der Waals surface area contributed by atoms with Gasteiger partial charge in [0.1, 0.15) is 11.2 Å². The van der Waals surface area contributed by atoms with Crippen molar-refractivity contribution in [3.8, 4) is 0 Å². The first kappa shape index (κ1) is 23.4. The largest absolute Gasteiger partial charge is 0.444 e. The molecule has 0 aliphatic carbocycles. The summed E-state index contributed by atoms with van der Waals surface area (Å²) in [5.41, 5.74) is -0.512. The molecule has 0 radical (unpaired) electrons. The second-order valence-electron chi connectivity index (χ2n) is 7.65. The molecule has 0 aliphatic rings. The van der Waals surface area contributed by atoms with Crippen molar-refractivity contribution < 1.29 is 19.1 Å². The molecule has 7 nitrogen and oxygen atoms in total. The highest BCUT2D eigenvalue weighted by Gasteiger charge is 2.21. The summed E-state index contributed by atoms with van der Waals surface area (Å²) < 4.78 is 12.1. The maximum Gasteiger partial charge on any atom is 0.414 e. The van der Waals surface area contributed by atoms with Crippen molar-refractivity contribution in [1.29, 1.82) is 0 Å². The number of halogens is 2. The van der Waals surface area contributed by atoms with Gasteiger partial charge in [-0.1, -0.05) is 31.9 Å². The zero-order valence-electron chi connectivity index (χ0n) is 16.3. The average Bonchev–Trinajstić information content (AvgIpc) is 2.43. The molecule has 9 heteroatoms. The molecule has 0 unspecified atom stereocenters. The van der Waals surface area contributed by atoms with E-state index in [2.05, 4.69) is 47.5 Å². The van der Waals surface area contributed by atoms with Gasteiger partial charge < -0.3 is 9.47 Å². The minimum Gasteiger partial charge on any atom is -0.444 e. The number of benzene rings is 1. The molecular formula is C18H25Br2N3O4. The van der Waals surface area contributed by atoms with E-state index in [0.29, 0.717) is 0 Å². The Kier molecular flexibility index (Phi) is 8.28. The van der Waals surface area contributed by atoms with E-state index < -0.39 is 23.4 Å². The topological polar surface area (TPSA) is 89.0 Å². The van der Waals surface area contributed by atoms with Gasteiger partial charge in [-0.2, -0.15) is 0 Å². The highest BCUT2D eigenvalue weighted by molar-refractivity contribution is 9.11. The minimum atomic E-state index is -0.731. The van der Waals surface area contributed by atoms with Gasteiger partial charge in [0.2, 0.25) is 5.96 Å². The standard InChI is InChI=1S/C18H25Br2N3O4/c1-17(2,3)26-15(24)22-14(23-16(25)27-18(4,5)6)21-10-11-9-12(19)7-8-13(11)20/h7-9H,10H2,1-6H3,(H2,21,22,23,24,25). The van der Waals surface area contributed by atoms with Crippen LogP contribution in [0.5, 0.6) is 0 Å². The van der Waals surface area contributed by atoms with Crippen molar-refractivity contribution >= 4 is 50.0 Å². The van der Waals surface area contributed by atoms with E-state index in [1.54, 1.807) is 41.5 Å². The normalized spacial score (nSPS) is 11.4. The third kappa shape index (κ3) is 10.3. The lowest BCUT2D eigenvalue weighted by atomic mass is 10.2. The second kappa shape index (κ2) is 9.54. The molecule has 0 fully saturated rings. The van der Waals surface area contributed by atoms with Gasteiger partial charge in [-0.25, -0.2) is 14.6 Å². The van der Waals surface area contributed by atoms with E-state index in [9.17, 15) is 9.59 Å². The maximum atomic E-state index is 12.0. The van der Waals surface area contributed by atoms with Crippen LogP contribution < -0.4 is 10.6 Å². The fourth-order valence-electron chi connectivity index (χ4n) is 1.74. The number of hydrogen-bond acceptors (Lipinski definition) is 5. The summed E-state index contributed by atoms with van der Waals surface area (Å²) in [7, 11) is 0. The van der Waals surface area contributed by atoms with Crippen molar-refractivity contribution in [3.63, 3.8) is 0 Å². The van der Waals surface area contributed by atoms with Crippen LogP contribution in [0.3, 0.4) is 0 Å². The fourth-order valence-corrected chi connectivity index (χ4v) is 2.52. The predicted octanol–water partition coefficient (Wildman–Crippen LogP) is 5.12. The summed E-state index contributed by atoms with van der Waals surface area (Å²) in [6, 6.07) is 5.64. The van der Waals surface area contributed by atoms with Gasteiger partial charge in [0, 0.05) is 8.95 Å². The number of aliphatic imine (C=N–C) groups is 1. The lowest BCUT2D eigenvalue weighted by molar-refractivity contribution is 0.0545. The summed E-state index contributed by atoms with van der Waals surface area (Å²) in [5, 5.41) is 4.89. The zero-order chi connectivity index (χ0) is 20.8. The highest BCUT2D eigenvalue weighted by Crippen LogP contribution is 2.22. The van der Waals surface area contributed by atoms with Crippen LogP contribution in [0.4, 0.5) is 9.59 Å². The van der Waals surface area contributed by atoms with E-state index in [1.165, 1.54) is 0 Å². The summed E-state index contributed by atoms with van der Waals surface area (Å²) in [5.74, 6) is -0.0645. The average molecular weight is 507 g/mol. The van der Waals surface area contributed by atoms with Crippen LogP contribution in [-0.2, 0) is 16.0 Å². The third-order valence-corrected chi connectivity index (χ3v) is 3.92. The first-order valence-electron chi connectivity index (χ1n) is 8.23. The lowest BCUT2D eigenvalue weighted by Gasteiger charge is -2.22. The van der Waals surface area contributed by atoms with Gasteiger partial charge in [0.05, 0.1) is 6.54 Å². The number of guanidine groups is 1. The third-order valence-electron chi connectivity index (χ3n) is 2.65. The van der Waals surface area contributed by atoms with Crippen LogP contribution >= 0.6 is 31.9 Å². The number of rotatable bonds is 2. The Morgan fingerprint density at radius 3 is 1.89 bits per heavy atom. The van der Waals surface area contributed by atoms with Crippen LogP contribution in [0.25, 0.3) is 0 Å². The quantitative estimate of drug-likeness (QED) is 0.430. The molecule has 150 valence electrons. The van der Waals surface area contributed by atoms with Crippen LogP contribution in [0, 0.1) is 0 Å². The van der Waals surface area contributed by atoms with Crippen LogP contribution in [0.1, 0.15) is 47.1 Å². The Morgan fingerprint density at radius 1 is 0.963 bits per heavy atom.